The summed E-state index contributed by atoms with van der Waals surface area (Å²) in [4.78, 5) is 88.3. The summed E-state index contributed by atoms with van der Waals surface area (Å²) in [6.07, 6.45) is 2.50. The second-order valence-electron chi connectivity index (χ2n) is 15.0. The van der Waals surface area contributed by atoms with Gasteiger partial charge in [0, 0.05) is 81.8 Å². The molecule has 1 unspecified atom stereocenters. The first-order valence-electron chi connectivity index (χ1n) is 20.8. The van der Waals surface area contributed by atoms with Crippen molar-refractivity contribution in [1.29, 1.82) is 0 Å². The number of urea groups is 1. The number of ether oxygens (including phenoxy) is 2. The number of amides is 6. The molecule has 0 saturated carbocycles. The Morgan fingerprint density at radius 1 is 0.953 bits per heavy atom. The zero-order valence-electron chi connectivity index (χ0n) is 35.1. The lowest BCUT2D eigenvalue weighted by Crippen LogP contribution is -2.52. The molecule has 2 saturated heterocycles. The van der Waals surface area contributed by atoms with Crippen LogP contribution in [0.1, 0.15) is 51.1 Å². The number of Topliss-reactive ketones (excluding diaryl/α,β-unsaturated/α-hetero) is 1. The van der Waals surface area contributed by atoms with Crippen molar-refractivity contribution in [3.8, 4) is 11.8 Å². The number of halogens is 1. The first kappa shape index (κ1) is 45.0. The molecule has 2 fully saturated rings. The fraction of sp³-hybridized carbons (Fsp3) is 0.333. The third-order valence-electron chi connectivity index (χ3n) is 10.6. The summed E-state index contributed by atoms with van der Waals surface area (Å²) in [7, 11) is 1.56. The third kappa shape index (κ3) is 11.5. The monoisotopic (exact) mass is 890 g/mol. The first-order valence-corrected chi connectivity index (χ1v) is 21.1. The lowest BCUT2D eigenvalue weighted by Gasteiger charge is -2.36. The van der Waals surface area contributed by atoms with Crippen LogP contribution in [-0.4, -0.2) is 127 Å². The zero-order valence-corrected chi connectivity index (χ0v) is 35.8. The highest BCUT2D eigenvalue weighted by molar-refractivity contribution is 6.33. The summed E-state index contributed by atoms with van der Waals surface area (Å²) in [5, 5.41) is 14.5. The molecule has 0 radical (unpaired) electrons. The molecule has 3 aliphatic heterocycles. The number of hydrogen-bond acceptors (Lipinski definition) is 13. The van der Waals surface area contributed by atoms with Gasteiger partial charge in [-0.05, 0) is 73.0 Å². The molecule has 18 nitrogen and oxygen atoms in total. The number of carbonyl (C=O) groups is 6. The number of piperidine rings is 1. The van der Waals surface area contributed by atoms with Gasteiger partial charge in [0.05, 0.1) is 17.4 Å². The maximum atomic E-state index is 12.9. The van der Waals surface area contributed by atoms with Crippen molar-refractivity contribution in [2.75, 3.05) is 81.7 Å². The highest BCUT2D eigenvalue weighted by atomic mass is 35.5. The minimum atomic E-state index is -0.681. The second-order valence-corrected chi connectivity index (χ2v) is 15.4. The van der Waals surface area contributed by atoms with Crippen molar-refractivity contribution >= 4 is 75.9 Å². The van der Waals surface area contributed by atoms with E-state index in [4.69, 9.17) is 21.1 Å². The summed E-state index contributed by atoms with van der Waals surface area (Å²) >= 11 is 6.38. The first-order chi connectivity index (χ1) is 31.1. The summed E-state index contributed by atoms with van der Waals surface area (Å²) in [6.45, 7) is 3.13. The largest absolute Gasteiger partial charge is 0.374 e. The number of hydrogen-bond donors (Lipinski definition) is 5. The number of carbonyl (C=O) groups excluding carboxylic acids is 6. The third-order valence-corrected chi connectivity index (χ3v) is 10.9. The van der Waals surface area contributed by atoms with Gasteiger partial charge in [0.15, 0.2) is 11.6 Å². The van der Waals surface area contributed by atoms with E-state index in [9.17, 15) is 28.8 Å². The molecule has 0 aliphatic carbocycles. The van der Waals surface area contributed by atoms with Gasteiger partial charge < -0.3 is 45.4 Å². The van der Waals surface area contributed by atoms with Crippen molar-refractivity contribution < 1.29 is 38.2 Å². The van der Waals surface area contributed by atoms with Gasteiger partial charge >= 0.3 is 6.03 Å². The Hall–Kier alpha value is -7.07. The molecule has 5 N–H and O–H groups in total. The van der Waals surface area contributed by atoms with E-state index in [0.717, 1.165) is 16.9 Å². The minimum Gasteiger partial charge on any atom is -0.374 e. The Balaban J connectivity index is 0.745. The Kier molecular flexibility index (Phi) is 15.0. The molecule has 64 heavy (non-hydrogen) atoms. The Morgan fingerprint density at radius 2 is 1.73 bits per heavy atom. The fourth-order valence-electron chi connectivity index (χ4n) is 7.34. The molecule has 0 bridgehead atoms. The minimum absolute atomic E-state index is 0.0234. The van der Waals surface area contributed by atoms with Crippen molar-refractivity contribution in [2.45, 2.75) is 31.8 Å². The van der Waals surface area contributed by atoms with E-state index in [1.54, 1.807) is 54.4 Å². The molecule has 332 valence electrons. The van der Waals surface area contributed by atoms with E-state index in [1.165, 1.54) is 11.1 Å². The van der Waals surface area contributed by atoms with Gasteiger partial charge in [-0.1, -0.05) is 35.6 Å². The van der Waals surface area contributed by atoms with Crippen LogP contribution in [0.5, 0.6) is 0 Å². The Morgan fingerprint density at radius 3 is 2.52 bits per heavy atom. The van der Waals surface area contributed by atoms with Gasteiger partial charge in [-0.25, -0.2) is 9.78 Å². The van der Waals surface area contributed by atoms with Crippen LogP contribution in [0.3, 0.4) is 0 Å². The lowest BCUT2D eigenvalue weighted by molar-refractivity contribution is -0.137. The SMILES string of the molecule is CNC(=O)c1ccccc1Nc1nc(Nc2ccc(N3CCN(C(=O)NCCCOCC(=O)COCC#Cc4ccc5c(c4)CN(C4CCC(=O)NC4=O)C5=O)CC3)cc2)ncc1Cl. The maximum Gasteiger partial charge on any atom is 0.317 e. The fourth-order valence-corrected chi connectivity index (χ4v) is 7.47. The standard InChI is InChI=1S/C45H47ClN10O8/c1-47-41(59)35-7-2-3-8-37(35)51-40-36(46)25-49-44(53-40)50-31-10-12-32(13-11-31)54-18-20-55(21-19-54)45(62)48-17-5-23-64-28-33(57)27-63-22-4-6-29-9-14-34-30(24-29)26-56(43(34)61)38-15-16-39(58)52-42(38)60/h2-3,7-14,24-25,38H,5,15-23,26-28H2,1H3,(H,47,59)(H,48,62)(H,52,58,60)(H2,49,50,51,53). The molecule has 19 heteroatoms. The van der Waals surface area contributed by atoms with Gasteiger partial charge in [0.2, 0.25) is 17.8 Å². The number of fused-ring (bicyclic) bond motifs is 1. The average molecular weight is 891 g/mol. The number of piperazine rings is 1. The van der Waals surface area contributed by atoms with Crippen LogP contribution in [0, 0.1) is 11.8 Å². The molecular weight excluding hydrogens is 844 g/mol. The number of anilines is 5. The van der Waals surface area contributed by atoms with E-state index >= 15 is 0 Å². The molecule has 4 aromatic rings. The predicted octanol–water partition coefficient (Wildman–Crippen LogP) is 3.61. The molecule has 3 aromatic carbocycles. The second kappa shape index (κ2) is 21.3. The van der Waals surface area contributed by atoms with Crippen LogP contribution in [0.15, 0.2) is 72.9 Å². The summed E-state index contributed by atoms with van der Waals surface area (Å²) in [5.74, 6) is 4.98. The summed E-state index contributed by atoms with van der Waals surface area (Å²) in [5.41, 5.74) is 4.71. The number of rotatable bonds is 16. The normalized spacial score (nSPS) is 15.8. The molecule has 0 spiro atoms. The van der Waals surface area contributed by atoms with Crippen LogP contribution in [0.25, 0.3) is 0 Å². The molecule has 6 amide bonds. The highest BCUT2D eigenvalue weighted by Gasteiger charge is 2.39. The molecular formula is C45H47ClN10O8. The number of para-hydroxylation sites is 1. The van der Waals surface area contributed by atoms with Crippen molar-refractivity contribution in [2.24, 2.45) is 0 Å². The van der Waals surface area contributed by atoms with E-state index in [-0.39, 0.29) is 62.3 Å². The smallest absolute Gasteiger partial charge is 0.317 e. The van der Waals surface area contributed by atoms with E-state index < -0.39 is 11.9 Å². The maximum absolute atomic E-state index is 12.9. The van der Waals surface area contributed by atoms with E-state index in [1.807, 2.05) is 24.3 Å². The molecule has 3 aliphatic rings. The van der Waals surface area contributed by atoms with Crippen LogP contribution in [-0.2, 0) is 30.4 Å². The lowest BCUT2D eigenvalue weighted by atomic mass is 10.0. The van der Waals surface area contributed by atoms with Gasteiger partial charge in [0.25, 0.3) is 11.8 Å². The molecule has 4 heterocycles. The molecule has 7 rings (SSSR count). The summed E-state index contributed by atoms with van der Waals surface area (Å²) in [6, 6.07) is 19.2. The Labute approximate surface area is 374 Å². The number of ketones is 1. The Bertz CT molecular complexity index is 2470. The van der Waals surface area contributed by atoms with E-state index in [2.05, 4.69) is 53.3 Å². The van der Waals surface area contributed by atoms with Crippen LogP contribution in [0.4, 0.5) is 33.6 Å². The van der Waals surface area contributed by atoms with Crippen molar-refractivity contribution in [1.82, 2.24) is 35.7 Å². The highest BCUT2D eigenvalue weighted by Crippen LogP contribution is 2.29. The number of nitrogens with one attached hydrogen (secondary N) is 5. The van der Waals surface area contributed by atoms with Crippen LogP contribution >= 0.6 is 11.6 Å². The van der Waals surface area contributed by atoms with Crippen molar-refractivity contribution in [3.63, 3.8) is 0 Å². The van der Waals surface area contributed by atoms with Crippen LogP contribution in [0.2, 0.25) is 5.02 Å². The van der Waals surface area contributed by atoms with Crippen LogP contribution < -0.4 is 31.5 Å². The zero-order chi connectivity index (χ0) is 45.0. The number of nitrogens with zero attached hydrogens (tertiary/aromatic N) is 5. The topological polar surface area (TPSA) is 217 Å². The average Bonchev–Trinajstić information content (AvgIpc) is 3.63. The van der Waals surface area contributed by atoms with Gasteiger partial charge in [-0.3, -0.25) is 29.3 Å². The molecule has 1 atom stereocenters. The van der Waals surface area contributed by atoms with Crippen molar-refractivity contribution in [3.05, 3.63) is 100 Å². The summed E-state index contributed by atoms with van der Waals surface area (Å²) < 4.78 is 10.9. The van der Waals surface area contributed by atoms with Gasteiger partial charge in [0.1, 0.15) is 30.9 Å². The quantitative estimate of drug-likeness (QED) is 0.0619. The van der Waals surface area contributed by atoms with Gasteiger partial charge in [-0.2, -0.15) is 4.98 Å². The number of imide groups is 1. The van der Waals surface area contributed by atoms with Gasteiger partial charge in [-0.15, -0.1) is 0 Å². The number of aromatic nitrogens is 2. The predicted molar refractivity (Wildman–Crippen MR) is 238 cm³/mol. The van der Waals surface area contributed by atoms with E-state index in [0.29, 0.717) is 91.3 Å². The molecule has 1 aromatic heterocycles. The number of benzene rings is 3.